The van der Waals surface area contributed by atoms with Crippen LogP contribution in [0, 0.1) is 6.92 Å². The van der Waals surface area contributed by atoms with Crippen LogP contribution in [0.3, 0.4) is 0 Å². The van der Waals surface area contributed by atoms with Crippen LogP contribution in [0.1, 0.15) is 23.0 Å². The number of aromatic hydroxyl groups is 1. The molecule has 0 radical (unpaired) electrons. The maximum atomic E-state index is 13.3. The topological polar surface area (TPSA) is 102 Å². The molecule has 28 heavy (non-hydrogen) atoms. The first-order valence-corrected chi connectivity index (χ1v) is 9.14. The Bertz CT molecular complexity index is 1050. The Hall–Kier alpha value is -3.42. The van der Waals surface area contributed by atoms with Crippen molar-refractivity contribution in [2.75, 3.05) is 26.2 Å². The molecule has 8 heteroatoms. The summed E-state index contributed by atoms with van der Waals surface area (Å²) in [7, 11) is 0. The zero-order chi connectivity index (χ0) is 19.8. The number of nitrogens with zero attached hydrogens (tertiary/aromatic N) is 4. The van der Waals surface area contributed by atoms with Crippen molar-refractivity contribution >= 4 is 22.8 Å². The fourth-order valence-corrected chi connectivity index (χ4v) is 3.52. The molecule has 8 nitrogen and oxygen atoms in total. The molecule has 0 saturated carbocycles. The Morgan fingerprint density at radius 2 is 1.71 bits per heavy atom. The number of benzene rings is 1. The minimum atomic E-state index is -0.0971. The van der Waals surface area contributed by atoms with Gasteiger partial charge in [0.1, 0.15) is 5.75 Å². The molecule has 1 saturated heterocycles. The fourth-order valence-electron chi connectivity index (χ4n) is 3.52. The second-order valence-corrected chi connectivity index (χ2v) is 6.95. The van der Waals surface area contributed by atoms with Gasteiger partial charge in [0.2, 0.25) is 5.91 Å². The van der Waals surface area contributed by atoms with Crippen molar-refractivity contribution in [1.29, 1.82) is 0 Å². The first-order chi connectivity index (χ1) is 13.4. The fraction of sp³-hybridized carbons (Fsp3) is 0.300. The smallest absolute Gasteiger partial charge is 0.254 e. The number of aromatic amines is 1. The van der Waals surface area contributed by atoms with Crippen molar-refractivity contribution in [3.8, 4) is 17.0 Å². The lowest BCUT2D eigenvalue weighted by molar-refractivity contribution is -0.130. The molecule has 4 rings (SSSR count). The number of carbonyl (C=O) groups excluding carboxylic acids is 2. The Kier molecular flexibility index (Phi) is 4.46. The third-order valence-corrected chi connectivity index (χ3v) is 5.11. The number of aromatic nitrogens is 3. The molecule has 1 aromatic carbocycles. The molecule has 0 aliphatic carbocycles. The molecule has 1 fully saturated rings. The zero-order valence-corrected chi connectivity index (χ0v) is 15.8. The van der Waals surface area contributed by atoms with Crippen LogP contribution < -0.4 is 0 Å². The lowest BCUT2D eigenvalue weighted by Gasteiger charge is -2.34. The Morgan fingerprint density at radius 1 is 1.07 bits per heavy atom. The number of nitrogens with one attached hydrogen (secondary N) is 1. The molecule has 2 N–H and O–H groups in total. The summed E-state index contributed by atoms with van der Waals surface area (Å²) in [6, 6.07) is 8.45. The summed E-state index contributed by atoms with van der Waals surface area (Å²) in [6.45, 7) is 5.46. The maximum Gasteiger partial charge on any atom is 0.254 e. The van der Waals surface area contributed by atoms with E-state index in [1.807, 2.05) is 6.92 Å². The number of H-pyrrole nitrogens is 1. The summed E-state index contributed by atoms with van der Waals surface area (Å²) in [6.07, 6.45) is 0. The van der Waals surface area contributed by atoms with Gasteiger partial charge in [-0.25, -0.2) is 4.98 Å². The molecule has 1 aliphatic heterocycles. The number of pyridine rings is 1. The summed E-state index contributed by atoms with van der Waals surface area (Å²) in [5.41, 5.74) is 3.20. The maximum absolute atomic E-state index is 13.3. The van der Waals surface area contributed by atoms with Gasteiger partial charge in [-0.05, 0) is 37.3 Å². The van der Waals surface area contributed by atoms with E-state index in [-0.39, 0.29) is 17.6 Å². The zero-order valence-electron chi connectivity index (χ0n) is 15.8. The van der Waals surface area contributed by atoms with Gasteiger partial charge in [0.15, 0.2) is 5.65 Å². The van der Waals surface area contributed by atoms with Crippen LogP contribution >= 0.6 is 0 Å². The second kappa shape index (κ2) is 6.95. The van der Waals surface area contributed by atoms with E-state index in [0.717, 1.165) is 11.3 Å². The van der Waals surface area contributed by atoms with E-state index in [4.69, 9.17) is 0 Å². The van der Waals surface area contributed by atoms with Crippen molar-refractivity contribution in [2.45, 2.75) is 13.8 Å². The number of phenols is 1. The Morgan fingerprint density at radius 3 is 2.36 bits per heavy atom. The molecule has 3 aromatic rings. The average molecular weight is 379 g/mol. The Labute approximate surface area is 161 Å². The largest absolute Gasteiger partial charge is 0.508 e. The molecule has 0 atom stereocenters. The highest BCUT2D eigenvalue weighted by atomic mass is 16.3. The molecule has 3 heterocycles. The third-order valence-electron chi connectivity index (χ3n) is 5.11. The van der Waals surface area contributed by atoms with E-state index >= 15 is 0 Å². The van der Waals surface area contributed by atoms with Crippen LogP contribution in [-0.2, 0) is 4.79 Å². The van der Waals surface area contributed by atoms with Gasteiger partial charge in [0.05, 0.1) is 16.6 Å². The Balaban J connectivity index is 1.73. The van der Waals surface area contributed by atoms with E-state index in [0.29, 0.717) is 48.5 Å². The van der Waals surface area contributed by atoms with Crippen molar-refractivity contribution < 1.29 is 14.7 Å². The molecule has 0 unspecified atom stereocenters. The molecule has 1 aliphatic rings. The van der Waals surface area contributed by atoms with Gasteiger partial charge >= 0.3 is 0 Å². The third kappa shape index (κ3) is 3.17. The lowest BCUT2D eigenvalue weighted by Crippen LogP contribution is -2.50. The number of aryl methyl sites for hydroxylation is 1. The highest BCUT2D eigenvalue weighted by molar-refractivity contribution is 6.07. The van der Waals surface area contributed by atoms with E-state index in [2.05, 4.69) is 15.2 Å². The standard InChI is InChI=1S/C20H21N5O3/c1-12-18-16(20(28)25-9-7-24(8-10-25)13(2)26)11-17(21-19(18)23-22-12)14-3-5-15(27)6-4-14/h3-6,11,27H,7-10H2,1-2H3,(H,21,22,23). The van der Waals surface area contributed by atoms with Gasteiger partial charge in [-0.15, -0.1) is 0 Å². The van der Waals surface area contributed by atoms with Gasteiger partial charge in [0.25, 0.3) is 5.91 Å². The minimum absolute atomic E-state index is 0.0266. The van der Waals surface area contributed by atoms with Crippen molar-refractivity contribution in [3.05, 3.63) is 41.6 Å². The van der Waals surface area contributed by atoms with E-state index in [1.165, 1.54) is 0 Å². The number of rotatable bonds is 2. The molecular weight excluding hydrogens is 358 g/mol. The molecule has 0 spiro atoms. The summed E-state index contributed by atoms with van der Waals surface area (Å²) < 4.78 is 0. The predicted molar refractivity (Wildman–Crippen MR) is 104 cm³/mol. The van der Waals surface area contributed by atoms with Crippen LogP contribution in [0.25, 0.3) is 22.3 Å². The monoisotopic (exact) mass is 379 g/mol. The highest BCUT2D eigenvalue weighted by Gasteiger charge is 2.26. The van der Waals surface area contributed by atoms with Crippen LogP contribution in [0.5, 0.6) is 5.75 Å². The highest BCUT2D eigenvalue weighted by Crippen LogP contribution is 2.28. The molecular formula is C20H21N5O3. The number of fused-ring (bicyclic) bond motifs is 1. The van der Waals surface area contributed by atoms with Crippen LogP contribution in [0.15, 0.2) is 30.3 Å². The summed E-state index contributed by atoms with van der Waals surface area (Å²) in [5.74, 6) is 0.0962. The number of hydrogen-bond donors (Lipinski definition) is 2. The first-order valence-electron chi connectivity index (χ1n) is 9.14. The molecule has 2 aromatic heterocycles. The van der Waals surface area contributed by atoms with E-state index in [1.54, 1.807) is 47.1 Å². The first kappa shape index (κ1) is 18.0. The SMILES string of the molecule is CC(=O)N1CCN(C(=O)c2cc(-c3ccc(O)cc3)nc3n[nH]c(C)c23)CC1. The van der Waals surface area contributed by atoms with Gasteiger partial charge in [-0.2, -0.15) is 5.10 Å². The van der Waals surface area contributed by atoms with Crippen molar-refractivity contribution in [1.82, 2.24) is 25.0 Å². The van der Waals surface area contributed by atoms with Gasteiger partial charge in [-0.1, -0.05) is 0 Å². The van der Waals surface area contributed by atoms with Crippen LogP contribution in [0.2, 0.25) is 0 Å². The van der Waals surface area contributed by atoms with Crippen molar-refractivity contribution in [2.24, 2.45) is 0 Å². The van der Waals surface area contributed by atoms with Crippen molar-refractivity contribution in [3.63, 3.8) is 0 Å². The number of hydrogen-bond acceptors (Lipinski definition) is 5. The van der Waals surface area contributed by atoms with Crippen LogP contribution in [-0.4, -0.2) is 68.1 Å². The van der Waals surface area contributed by atoms with E-state index in [9.17, 15) is 14.7 Å². The molecule has 144 valence electrons. The lowest BCUT2D eigenvalue weighted by atomic mass is 10.0. The normalized spacial score (nSPS) is 14.5. The van der Waals surface area contributed by atoms with Gasteiger partial charge in [-0.3, -0.25) is 14.7 Å². The van der Waals surface area contributed by atoms with Crippen LogP contribution in [0.4, 0.5) is 0 Å². The number of amides is 2. The molecule has 2 amide bonds. The van der Waals surface area contributed by atoms with Gasteiger partial charge in [0, 0.05) is 44.4 Å². The number of carbonyl (C=O) groups is 2. The second-order valence-electron chi connectivity index (χ2n) is 6.95. The number of phenolic OH excluding ortho intramolecular Hbond substituents is 1. The number of piperazine rings is 1. The average Bonchev–Trinajstić information content (AvgIpc) is 3.08. The quantitative estimate of drug-likeness (QED) is 0.708. The summed E-state index contributed by atoms with van der Waals surface area (Å²) >= 11 is 0. The minimum Gasteiger partial charge on any atom is -0.508 e. The summed E-state index contributed by atoms with van der Waals surface area (Å²) in [4.78, 5) is 32.9. The van der Waals surface area contributed by atoms with Gasteiger partial charge < -0.3 is 14.9 Å². The van der Waals surface area contributed by atoms with E-state index < -0.39 is 0 Å². The summed E-state index contributed by atoms with van der Waals surface area (Å²) in [5, 5.41) is 17.4. The predicted octanol–water partition coefficient (Wildman–Crippen LogP) is 1.94. The molecule has 0 bridgehead atoms.